The molecule has 1 aliphatic heterocycles. The highest BCUT2D eigenvalue weighted by molar-refractivity contribution is 5.72. The number of rotatable bonds is 3. The number of ether oxygens (including phenoxy) is 3. The van der Waals surface area contributed by atoms with Crippen molar-refractivity contribution in [2.45, 2.75) is 50.6 Å². The van der Waals surface area contributed by atoms with Gasteiger partial charge in [0, 0.05) is 32.5 Å². The third-order valence-electron chi connectivity index (χ3n) is 4.36. The molecule has 1 saturated heterocycles. The van der Waals surface area contributed by atoms with E-state index in [2.05, 4.69) is 0 Å². The van der Waals surface area contributed by atoms with Crippen LogP contribution in [-0.4, -0.2) is 37.5 Å². The highest BCUT2D eigenvalue weighted by Crippen LogP contribution is 2.66. The summed E-state index contributed by atoms with van der Waals surface area (Å²) in [5.41, 5.74) is -1.41. The van der Waals surface area contributed by atoms with Gasteiger partial charge in [-0.3, -0.25) is 4.79 Å². The average molecular weight is 228 g/mol. The molecule has 0 N–H and O–H groups in total. The number of epoxide rings is 1. The zero-order valence-electron chi connectivity index (χ0n) is 10.6. The van der Waals surface area contributed by atoms with Crippen molar-refractivity contribution in [1.82, 2.24) is 0 Å². The van der Waals surface area contributed by atoms with Crippen molar-refractivity contribution in [1.29, 1.82) is 0 Å². The minimum Gasteiger partial charge on any atom is -0.354 e. The van der Waals surface area contributed by atoms with E-state index < -0.39 is 17.0 Å². The van der Waals surface area contributed by atoms with Gasteiger partial charge in [0.15, 0.2) is 17.7 Å². The van der Waals surface area contributed by atoms with Gasteiger partial charge in [0.05, 0.1) is 0 Å². The first-order valence-corrected chi connectivity index (χ1v) is 5.57. The van der Waals surface area contributed by atoms with Crippen LogP contribution in [0.5, 0.6) is 0 Å². The van der Waals surface area contributed by atoms with Crippen molar-refractivity contribution < 1.29 is 19.0 Å². The lowest BCUT2D eigenvalue weighted by atomic mass is 9.62. The molecule has 0 bridgehead atoms. The van der Waals surface area contributed by atoms with E-state index in [1.54, 1.807) is 14.2 Å². The maximum absolute atomic E-state index is 11.3. The van der Waals surface area contributed by atoms with Crippen molar-refractivity contribution in [2.75, 3.05) is 14.2 Å². The Hall–Kier alpha value is -0.450. The van der Waals surface area contributed by atoms with Gasteiger partial charge in [-0.25, -0.2) is 0 Å². The van der Waals surface area contributed by atoms with Crippen molar-refractivity contribution in [2.24, 2.45) is 5.41 Å². The molecule has 92 valence electrons. The topological polar surface area (TPSA) is 48.1 Å². The Bertz CT molecular complexity index is 321. The van der Waals surface area contributed by atoms with Crippen LogP contribution in [0.2, 0.25) is 0 Å². The first kappa shape index (κ1) is 12.0. The van der Waals surface area contributed by atoms with Crippen molar-refractivity contribution in [3.63, 3.8) is 0 Å². The number of aldehydes is 1. The van der Waals surface area contributed by atoms with E-state index in [-0.39, 0.29) is 5.41 Å². The molecule has 2 atom stereocenters. The van der Waals surface area contributed by atoms with Gasteiger partial charge in [0.25, 0.3) is 0 Å². The number of methoxy groups -OCH3 is 2. The minimum absolute atomic E-state index is 0.284. The summed E-state index contributed by atoms with van der Waals surface area (Å²) in [4.78, 5) is 11.3. The third kappa shape index (κ3) is 1.18. The van der Waals surface area contributed by atoms with Gasteiger partial charge in [0.2, 0.25) is 0 Å². The van der Waals surface area contributed by atoms with Gasteiger partial charge < -0.3 is 14.2 Å². The molecular weight excluding hydrogens is 208 g/mol. The summed E-state index contributed by atoms with van der Waals surface area (Å²) in [5.74, 6) is -0.638. The summed E-state index contributed by atoms with van der Waals surface area (Å²) in [6.07, 6.45) is 2.19. The Kier molecular flexibility index (Phi) is 2.30. The molecular formula is C12H20O4. The monoisotopic (exact) mass is 228 g/mol. The molecule has 1 heterocycles. The van der Waals surface area contributed by atoms with Gasteiger partial charge in [-0.1, -0.05) is 13.8 Å². The summed E-state index contributed by atoms with van der Waals surface area (Å²) in [6, 6.07) is 0. The van der Waals surface area contributed by atoms with Crippen molar-refractivity contribution >= 4 is 6.29 Å². The highest BCUT2D eigenvalue weighted by Gasteiger charge is 2.79. The fourth-order valence-corrected chi connectivity index (χ4v) is 3.41. The van der Waals surface area contributed by atoms with E-state index in [9.17, 15) is 4.79 Å². The van der Waals surface area contributed by atoms with Crippen LogP contribution in [0.4, 0.5) is 0 Å². The zero-order chi connectivity index (χ0) is 12.2. The van der Waals surface area contributed by atoms with Crippen LogP contribution in [-0.2, 0) is 19.0 Å². The second-order valence-corrected chi connectivity index (χ2v) is 5.74. The molecule has 0 aromatic carbocycles. The van der Waals surface area contributed by atoms with E-state index in [1.807, 2.05) is 20.8 Å². The van der Waals surface area contributed by atoms with Gasteiger partial charge in [-0.15, -0.1) is 0 Å². The Balaban J connectivity index is 2.38. The van der Waals surface area contributed by atoms with E-state index in [4.69, 9.17) is 14.2 Å². The van der Waals surface area contributed by atoms with E-state index >= 15 is 0 Å². The molecule has 0 radical (unpaired) electrons. The van der Waals surface area contributed by atoms with Crippen LogP contribution in [0.15, 0.2) is 0 Å². The molecule has 4 heteroatoms. The molecule has 2 fully saturated rings. The second kappa shape index (κ2) is 3.06. The van der Waals surface area contributed by atoms with Gasteiger partial charge in [0.1, 0.15) is 5.60 Å². The highest BCUT2D eigenvalue weighted by atomic mass is 16.7. The molecule has 0 aromatic rings. The summed E-state index contributed by atoms with van der Waals surface area (Å²) < 4.78 is 16.7. The standard InChI is InChI=1S/C12H20O4/c1-9(2)6-11(14-4,15-5)7-10(3)12(9,8-13)16-10/h8H,6-7H2,1-5H3. The normalized spacial score (nSPS) is 43.6. The number of carbonyl (C=O) groups excluding carboxylic acids is 1. The summed E-state index contributed by atoms with van der Waals surface area (Å²) in [6.45, 7) is 6.01. The Labute approximate surface area is 96.2 Å². The maximum Gasteiger partial charge on any atom is 0.171 e. The minimum atomic E-state index is -0.666. The first-order valence-electron chi connectivity index (χ1n) is 5.57. The number of fused-ring (bicyclic) bond motifs is 1. The van der Waals surface area contributed by atoms with Gasteiger partial charge >= 0.3 is 0 Å². The summed E-state index contributed by atoms with van der Waals surface area (Å²) >= 11 is 0. The largest absolute Gasteiger partial charge is 0.354 e. The molecule has 2 rings (SSSR count). The molecule has 0 amide bonds. The van der Waals surface area contributed by atoms with Gasteiger partial charge in [-0.05, 0) is 6.92 Å². The fraction of sp³-hybridized carbons (Fsp3) is 0.917. The average Bonchev–Trinajstić information content (AvgIpc) is 2.85. The predicted octanol–water partition coefficient (Wildman–Crippen LogP) is 1.52. The molecule has 2 unspecified atom stereocenters. The fourth-order valence-electron chi connectivity index (χ4n) is 3.41. The Morgan fingerprint density at radius 1 is 1.12 bits per heavy atom. The number of hydrogen-bond acceptors (Lipinski definition) is 4. The molecule has 0 aromatic heterocycles. The molecule has 2 aliphatic rings. The van der Waals surface area contributed by atoms with Crippen LogP contribution < -0.4 is 0 Å². The molecule has 4 nitrogen and oxygen atoms in total. The van der Waals surface area contributed by atoms with E-state index in [1.165, 1.54) is 0 Å². The second-order valence-electron chi connectivity index (χ2n) is 5.74. The molecule has 16 heavy (non-hydrogen) atoms. The van der Waals surface area contributed by atoms with Crippen LogP contribution in [0.1, 0.15) is 33.6 Å². The van der Waals surface area contributed by atoms with Crippen molar-refractivity contribution in [3.8, 4) is 0 Å². The van der Waals surface area contributed by atoms with Crippen LogP contribution >= 0.6 is 0 Å². The lowest BCUT2D eigenvalue weighted by Crippen LogP contribution is -2.55. The van der Waals surface area contributed by atoms with E-state index in [0.29, 0.717) is 12.8 Å². The van der Waals surface area contributed by atoms with Crippen LogP contribution in [0, 0.1) is 5.41 Å². The maximum atomic E-state index is 11.3. The molecule has 1 saturated carbocycles. The lowest BCUT2D eigenvalue weighted by Gasteiger charge is -2.45. The van der Waals surface area contributed by atoms with Crippen LogP contribution in [0.25, 0.3) is 0 Å². The Morgan fingerprint density at radius 2 is 1.69 bits per heavy atom. The number of carbonyl (C=O) groups is 1. The number of hydrogen-bond donors (Lipinski definition) is 0. The van der Waals surface area contributed by atoms with E-state index in [0.717, 1.165) is 6.29 Å². The summed E-state index contributed by atoms with van der Waals surface area (Å²) in [5, 5.41) is 0. The SMILES string of the molecule is COC1(OC)CC(C)(C)C2(C=O)OC2(C)C1. The lowest BCUT2D eigenvalue weighted by molar-refractivity contribution is -0.243. The predicted molar refractivity (Wildman–Crippen MR) is 58.0 cm³/mol. The quantitative estimate of drug-likeness (QED) is 0.417. The molecule has 0 spiro atoms. The zero-order valence-corrected chi connectivity index (χ0v) is 10.6. The van der Waals surface area contributed by atoms with Crippen molar-refractivity contribution in [3.05, 3.63) is 0 Å². The summed E-state index contributed by atoms with van der Waals surface area (Å²) in [7, 11) is 3.28. The Morgan fingerprint density at radius 3 is 2.06 bits per heavy atom. The van der Waals surface area contributed by atoms with Crippen LogP contribution in [0.3, 0.4) is 0 Å². The first-order chi connectivity index (χ1) is 7.30. The molecule has 1 aliphatic carbocycles. The third-order valence-corrected chi connectivity index (χ3v) is 4.36. The smallest absolute Gasteiger partial charge is 0.171 e. The van der Waals surface area contributed by atoms with Gasteiger partial charge in [-0.2, -0.15) is 0 Å².